The molecule has 0 aromatic heterocycles. The zero-order chi connectivity index (χ0) is 16.8. The molecule has 0 N–H and O–H groups in total. The van der Waals surface area contributed by atoms with Crippen LogP contribution in [0.1, 0.15) is 27.7 Å². The summed E-state index contributed by atoms with van der Waals surface area (Å²) in [5.74, 6) is -0.978. The standard InChI is InChI=1S/C14H17BF4O3/c1-12(2)13(3,4)22-15(21-12)11-9(16)6-5-7-10(11)20-8-14(17,18)19/h5-7H,8H2,1-4H3. The van der Waals surface area contributed by atoms with Gasteiger partial charge in [0, 0.05) is 0 Å². The summed E-state index contributed by atoms with van der Waals surface area (Å²) in [6.45, 7) is 5.56. The molecule has 0 atom stereocenters. The lowest BCUT2D eigenvalue weighted by molar-refractivity contribution is -0.153. The summed E-state index contributed by atoms with van der Waals surface area (Å²) in [5, 5.41) is 0. The van der Waals surface area contributed by atoms with Gasteiger partial charge >= 0.3 is 13.3 Å². The topological polar surface area (TPSA) is 27.7 Å². The lowest BCUT2D eigenvalue weighted by atomic mass is 9.78. The van der Waals surface area contributed by atoms with Crippen molar-refractivity contribution in [2.45, 2.75) is 45.1 Å². The number of hydrogen-bond donors (Lipinski definition) is 0. The average molecular weight is 320 g/mol. The van der Waals surface area contributed by atoms with Gasteiger partial charge in [-0.1, -0.05) is 6.07 Å². The van der Waals surface area contributed by atoms with E-state index in [9.17, 15) is 17.6 Å². The first-order chi connectivity index (χ1) is 9.93. The fourth-order valence-corrected chi connectivity index (χ4v) is 1.99. The summed E-state index contributed by atoms with van der Waals surface area (Å²) in [6.07, 6.45) is -4.51. The van der Waals surface area contributed by atoms with Crippen LogP contribution in [0, 0.1) is 5.82 Å². The number of alkyl halides is 3. The molecule has 1 fully saturated rings. The highest BCUT2D eigenvalue weighted by atomic mass is 19.4. The van der Waals surface area contributed by atoms with E-state index in [4.69, 9.17) is 14.0 Å². The van der Waals surface area contributed by atoms with Crippen LogP contribution in [0.5, 0.6) is 5.75 Å². The maximum Gasteiger partial charge on any atom is 0.501 e. The molecule has 0 bridgehead atoms. The van der Waals surface area contributed by atoms with E-state index in [1.807, 2.05) is 0 Å². The second-order valence-electron chi connectivity index (χ2n) is 6.14. The fraction of sp³-hybridized carbons (Fsp3) is 0.571. The number of halogens is 4. The SMILES string of the molecule is CC1(C)OB(c2c(F)cccc2OCC(F)(F)F)OC1(C)C. The van der Waals surface area contributed by atoms with Crippen LogP contribution in [0.25, 0.3) is 0 Å². The molecular weight excluding hydrogens is 303 g/mol. The molecule has 0 radical (unpaired) electrons. The van der Waals surface area contributed by atoms with Crippen molar-refractivity contribution in [3.63, 3.8) is 0 Å². The van der Waals surface area contributed by atoms with Gasteiger partial charge in [-0.05, 0) is 39.8 Å². The first-order valence-corrected chi connectivity index (χ1v) is 6.76. The lowest BCUT2D eigenvalue weighted by Gasteiger charge is -2.32. The highest BCUT2D eigenvalue weighted by molar-refractivity contribution is 6.63. The fourth-order valence-electron chi connectivity index (χ4n) is 1.99. The minimum Gasteiger partial charge on any atom is -0.484 e. The minimum atomic E-state index is -4.51. The molecule has 3 nitrogen and oxygen atoms in total. The van der Waals surface area contributed by atoms with E-state index in [1.165, 1.54) is 12.1 Å². The van der Waals surface area contributed by atoms with Crippen molar-refractivity contribution in [2.24, 2.45) is 0 Å². The largest absolute Gasteiger partial charge is 0.501 e. The first kappa shape index (κ1) is 17.1. The van der Waals surface area contributed by atoms with Crippen LogP contribution in [0.15, 0.2) is 18.2 Å². The number of hydrogen-bond acceptors (Lipinski definition) is 3. The maximum atomic E-state index is 14.1. The Balaban J connectivity index is 2.32. The van der Waals surface area contributed by atoms with Gasteiger partial charge in [0.25, 0.3) is 0 Å². The molecule has 1 aromatic rings. The summed E-state index contributed by atoms with van der Waals surface area (Å²) in [7, 11) is -1.13. The van der Waals surface area contributed by atoms with Crippen LogP contribution in [0.2, 0.25) is 0 Å². The molecule has 0 aliphatic carbocycles. The van der Waals surface area contributed by atoms with Crippen LogP contribution in [-0.4, -0.2) is 31.1 Å². The van der Waals surface area contributed by atoms with Gasteiger partial charge in [0.15, 0.2) is 6.61 Å². The third kappa shape index (κ3) is 3.38. The zero-order valence-corrected chi connectivity index (χ0v) is 12.8. The summed E-state index contributed by atoms with van der Waals surface area (Å²) < 4.78 is 67.1. The highest BCUT2D eigenvalue weighted by Crippen LogP contribution is 2.37. The summed E-state index contributed by atoms with van der Waals surface area (Å²) >= 11 is 0. The predicted octanol–water partition coefficient (Wildman–Crippen LogP) is 3.07. The Hall–Kier alpha value is -1.28. The van der Waals surface area contributed by atoms with E-state index >= 15 is 0 Å². The number of rotatable bonds is 3. The molecule has 1 aliphatic heterocycles. The third-order valence-corrected chi connectivity index (χ3v) is 3.89. The van der Waals surface area contributed by atoms with Gasteiger partial charge in [-0.2, -0.15) is 13.2 Å². The number of benzene rings is 1. The molecule has 0 saturated carbocycles. The second-order valence-corrected chi connectivity index (χ2v) is 6.14. The summed E-state index contributed by atoms with van der Waals surface area (Å²) in [6, 6.07) is 3.66. The van der Waals surface area contributed by atoms with Crippen LogP contribution in [0.4, 0.5) is 17.6 Å². The molecule has 0 unspecified atom stereocenters. The smallest absolute Gasteiger partial charge is 0.484 e. The Morgan fingerprint density at radius 2 is 1.64 bits per heavy atom. The van der Waals surface area contributed by atoms with E-state index in [0.29, 0.717) is 0 Å². The molecule has 22 heavy (non-hydrogen) atoms. The first-order valence-electron chi connectivity index (χ1n) is 6.76. The van der Waals surface area contributed by atoms with Gasteiger partial charge in [0.1, 0.15) is 11.6 Å². The monoisotopic (exact) mass is 320 g/mol. The van der Waals surface area contributed by atoms with Crippen molar-refractivity contribution in [3.8, 4) is 5.75 Å². The van der Waals surface area contributed by atoms with Gasteiger partial charge < -0.3 is 14.0 Å². The molecule has 1 saturated heterocycles. The van der Waals surface area contributed by atoms with E-state index in [-0.39, 0.29) is 11.2 Å². The quantitative estimate of drug-likeness (QED) is 0.633. The van der Waals surface area contributed by atoms with Crippen LogP contribution < -0.4 is 10.2 Å². The van der Waals surface area contributed by atoms with E-state index in [0.717, 1.165) is 6.07 Å². The zero-order valence-electron chi connectivity index (χ0n) is 12.8. The van der Waals surface area contributed by atoms with Gasteiger partial charge in [0.05, 0.1) is 16.7 Å². The molecular formula is C14H17BF4O3. The summed E-state index contributed by atoms with van der Waals surface area (Å²) in [5.41, 5.74) is -1.63. The van der Waals surface area contributed by atoms with Crippen LogP contribution >= 0.6 is 0 Å². The van der Waals surface area contributed by atoms with E-state index < -0.39 is 36.9 Å². The molecule has 1 aliphatic rings. The van der Waals surface area contributed by atoms with Crippen molar-refractivity contribution in [1.82, 2.24) is 0 Å². The summed E-state index contributed by atoms with van der Waals surface area (Å²) in [4.78, 5) is 0. The van der Waals surface area contributed by atoms with Crippen molar-refractivity contribution >= 4 is 12.6 Å². The molecule has 8 heteroatoms. The molecule has 2 rings (SSSR count). The Morgan fingerprint density at radius 1 is 1.09 bits per heavy atom. The minimum absolute atomic E-state index is 0.162. The van der Waals surface area contributed by atoms with Gasteiger partial charge in [-0.25, -0.2) is 4.39 Å². The number of ether oxygens (including phenoxy) is 1. The molecule has 0 spiro atoms. The van der Waals surface area contributed by atoms with E-state index in [1.54, 1.807) is 27.7 Å². The Morgan fingerprint density at radius 3 is 2.14 bits per heavy atom. The maximum absolute atomic E-state index is 14.1. The lowest BCUT2D eigenvalue weighted by Crippen LogP contribution is -2.41. The van der Waals surface area contributed by atoms with Gasteiger partial charge in [-0.15, -0.1) is 0 Å². The highest BCUT2D eigenvalue weighted by Gasteiger charge is 2.53. The normalized spacial score (nSPS) is 20.3. The molecule has 122 valence electrons. The van der Waals surface area contributed by atoms with Crippen molar-refractivity contribution in [2.75, 3.05) is 6.61 Å². The van der Waals surface area contributed by atoms with E-state index in [2.05, 4.69) is 0 Å². The predicted molar refractivity (Wildman–Crippen MR) is 73.7 cm³/mol. The molecule has 1 heterocycles. The Kier molecular flexibility index (Phi) is 4.21. The van der Waals surface area contributed by atoms with Crippen LogP contribution in [0.3, 0.4) is 0 Å². The van der Waals surface area contributed by atoms with Crippen molar-refractivity contribution in [1.29, 1.82) is 0 Å². The Bertz CT molecular complexity index is 542. The van der Waals surface area contributed by atoms with Crippen molar-refractivity contribution in [3.05, 3.63) is 24.0 Å². The molecule has 1 aromatic carbocycles. The van der Waals surface area contributed by atoms with Crippen LogP contribution in [-0.2, 0) is 9.31 Å². The van der Waals surface area contributed by atoms with Crippen molar-refractivity contribution < 1.29 is 31.6 Å². The third-order valence-electron chi connectivity index (χ3n) is 3.89. The second kappa shape index (κ2) is 5.42. The average Bonchev–Trinajstić information content (AvgIpc) is 2.54. The van der Waals surface area contributed by atoms with Gasteiger partial charge in [-0.3, -0.25) is 0 Å². The Labute approximate surface area is 126 Å². The van der Waals surface area contributed by atoms with Gasteiger partial charge in [0.2, 0.25) is 0 Å². The molecule has 0 amide bonds.